The van der Waals surface area contributed by atoms with Crippen molar-refractivity contribution in [3.8, 4) is 0 Å². The Kier molecular flexibility index (Phi) is 4.78. The SMILES string of the molecule is O=C(Nc1cccc2cccnc12)c1cccnc1N1CCCCCC1. The third-order valence-corrected chi connectivity index (χ3v) is 4.82. The van der Waals surface area contributed by atoms with E-state index in [-0.39, 0.29) is 5.91 Å². The molecular formula is C21H22N4O. The average Bonchev–Trinajstić information content (AvgIpc) is 2.98. The number of nitrogens with one attached hydrogen (secondary N) is 1. The van der Waals surface area contributed by atoms with E-state index in [9.17, 15) is 4.79 Å². The maximum atomic E-state index is 13.0. The first kappa shape index (κ1) is 16.5. The number of rotatable bonds is 3. The average molecular weight is 346 g/mol. The van der Waals surface area contributed by atoms with Crippen LogP contribution in [0.2, 0.25) is 0 Å². The van der Waals surface area contributed by atoms with Crippen molar-refractivity contribution < 1.29 is 4.79 Å². The lowest BCUT2D eigenvalue weighted by Crippen LogP contribution is -2.28. The van der Waals surface area contributed by atoms with E-state index in [2.05, 4.69) is 20.2 Å². The van der Waals surface area contributed by atoms with Gasteiger partial charge in [-0.3, -0.25) is 9.78 Å². The van der Waals surface area contributed by atoms with E-state index in [0.29, 0.717) is 5.56 Å². The van der Waals surface area contributed by atoms with Crippen molar-refractivity contribution in [1.29, 1.82) is 0 Å². The van der Waals surface area contributed by atoms with Gasteiger partial charge in [0.15, 0.2) is 0 Å². The van der Waals surface area contributed by atoms with E-state index in [4.69, 9.17) is 0 Å². The minimum Gasteiger partial charge on any atom is -0.356 e. The molecule has 4 rings (SSSR count). The summed E-state index contributed by atoms with van der Waals surface area (Å²) in [5.41, 5.74) is 2.13. The predicted octanol–water partition coefficient (Wildman–Crippen LogP) is 4.26. The van der Waals surface area contributed by atoms with Gasteiger partial charge in [-0.25, -0.2) is 4.98 Å². The van der Waals surface area contributed by atoms with Crippen LogP contribution in [0.1, 0.15) is 36.0 Å². The van der Waals surface area contributed by atoms with E-state index >= 15 is 0 Å². The summed E-state index contributed by atoms with van der Waals surface area (Å²) in [6.07, 6.45) is 8.27. The number of anilines is 2. The summed E-state index contributed by atoms with van der Waals surface area (Å²) in [6.45, 7) is 1.90. The van der Waals surface area contributed by atoms with Gasteiger partial charge in [0.05, 0.1) is 16.8 Å². The van der Waals surface area contributed by atoms with E-state index in [1.807, 2.05) is 42.5 Å². The third-order valence-electron chi connectivity index (χ3n) is 4.82. The smallest absolute Gasteiger partial charge is 0.259 e. The Labute approximate surface area is 153 Å². The zero-order valence-corrected chi connectivity index (χ0v) is 14.7. The van der Waals surface area contributed by atoms with Gasteiger partial charge in [-0.1, -0.05) is 31.0 Å². The monoisotopic (exact) mass is 346 g/mol. The second kappa shape index (κ2) is 7.52. The van der Waals surface area contributed by atoms with Gasteiger partial charge in [-0.15, -0.1) is 0 Å². The molecule has 0 aliphatic carbocycles. The van der Waals surface area contributed by atoms with Crippen LogP contribution in [-0.4, -0.2) is 29.0 Å². The molecular weight excluding hydrogens is 324 g/mol. The number of hydrogen-bond donors (Lipinski definition) is 1. The van der Waals surface area contributed by atoms with Gasteiger partial charge in [0.25, 0.3) is 5.91 Å². The third kappa shape index (κ3) is 3.38. The summed E-state index contributed by atoms with van der Waals surface area (Å²) < 4.78 is 0. The lowest BCUT2D eigenvalue weighted by molar-refractivity contribution is 0.102. The Hall–Kier alpha value is -2.95. The van der Waals surface area contributed by atoms with Gasteiger partial charge < -0.3 is 10.2 Å². The van der Waals surface area contributed by atoms with Crippen molar-refractivity contribution in [3.05, 3.63) is 60.4 Å². The zero-order chi connectivity index (χ0) is 17.8. The predicted molar refractivity (Wildman–Crippen MR) is 105 cm³/mol. The molecule has 1 aromatic carbocycles. The molecule has 132 valence electrons. The van der Waals surface area contributed by atoms with Crippen LogP contribution in [0.15, 0.2) is 54.9 Å². The Balaban J connectivity index is 1.64. The van der Waals surface area contributed by atoms with Crippen LogP contribution in [0.3, 0.4) is 0 Å². The number of hydrogen-bond acceptors (Lipinski definition) is 4. The largest absolute Gasteiger partial charge is 0.356 e. The molecule has 0 spiro atoms. The highest BCUT2D eigenvalue weighted by Crippen LogP contribution is 2.25. The number of benzene rings is 1. The van der Waals surface area contributed by atoms with Gasteiger partial charge in [0.1, 0.15) is 5.82 Å². The molecule has 3 heterocycles. The first-order valence-electron chi connectivity index (χ1n) is 9.18. The summed E-state index contributed by atoms with van der Waals surface area (Å²) in [5, 5.41) is 4.03. The molecule has 1 aliphatic rings. The zero-order valence-electron chi connectivity index (χ0n) is 14.7. The molecule has 1 fully saturated rings. The highest BCUT2D eigenvalue weighted by Gasteiger charge is 2.19. The van der Waals surface area contributed by atoms with Crippen molar-refractivity contribution in [1.82, 2.24) is 9.97 Å². The fraction of sp³-hybridized carbons (Fsp3) is 0.286. The minimum atomic E-state index is -0.143. The first-order valence-corrected chi connectivity index (χ1v) is 9.18. The summed E-state index contributed by atoms with van der Waals surface area (Å²) in [6, 6.07) is 13.4. The van der Waals surface area contributed by atoms with Crippen molar-refractivity contribution in [3.63, 3.8) is 0 Å². The molecule has 0 radical (unpaired) electrons. The Morgan fingerprint density at radius 2 is 1.62 bits per heavy atom. The Morgan fingerprint density at radius 3 is 2.46 bits per heavy atom. The topological polar surface area (TPSA) is 58.1 Å². The molecule has 2 aromatic heterocycles. The number of nitrogens with zero attached hydrogens (tertiary/aromatic N) is 3. The normalized spacial score (nSPS) is 14.8. The number of fused-ring (bicyclic) bond motifs is 1. The summed E-state index contributed by atoms with van der Waals surface area (Å²) in [7, 11) is 0. The molecule has 1 saturated heterocycles. The number of carbonyl (C=O) groups is 1. The van der Waals surface area contributed by atoms with E-state index < -0.39 is 0 Å². The fourth-order valence-electron chi connectivity index (χ4n) is 3.50. The molecule has 1 amide bonds. The molecule has 0 unspecified atom stereocenters. The maximum absolute atomic E-state index is 13.0. The second-order valence-electron chi connectivity index (χ2n) is 6.61. The van der Waals surface area contributed by atoms with Gasteiger partial charge in [0, 0.05) is 30.9 Å². The van der Waals surface area contributed by atoms with Gasteiger partial charge >= 0.3 is 0 Å². The Bertz CT molecular complexity index is 911. The summed E-state index contributed by atoms with van der Waals surface area (Å²) in [5.74, 6) is 0.635. The summed E-state index contributed by atoms with van der Waals surface area (Å²) >= 11 is 0. The van der Waals surface area contributed by atoms with Crippen LogP contribution in [-0.2, 0) is 0 Å². The number of pyridine rings is 2. The van der Waals surface area contributed by atoms with Crippen molar-refractivity contribution >= 4 is 28.3 Å². The van der Waals surface area contributed by atoms with Crippen molar-refractivity contribution in [2.45, 2.75) is 25.7 Å². The van der Waals surface area contributed by atoms with Crippen molar-refractivity contribution in [2.24, 2.45) is 0 Å². The van der Waals surface area contributed by atoms with Gasteiger partial charge in [-0.05, 0) is 37.1 Å². The Morgan fingerprint density at radius 1 is 0.885 bits per heavy atom. The van der Waals surface area contributed by atoms with Gasteiger partial charge in [-0.2, -0.15) is 0 Å². The number of aromatic nitrogens is 2. The number of carbonyl (C=O) groups excluding carboxylic acids is 1. The number of amides is 1. The molecule has 3 aromatic rings. The maximum Gasteiger partial charge on any atom is 0.259 e. The lowest BCUT2D eigenvalue weighted by atomic mass is 10.1. The highest BCUT2D eigenvalue weighted by atomic mass is 16.1. The molecule has 1 N–H and O–H groups in total. The molecule has 5 heteroatoms. The van der Waals surface area contributed by atoms with Gasteiger partial charge in [0.2, 0.25) is 0 Å². The van der Waals surface area contributed by atoms with Crippen LogP contribution in [0.5, 0.6) is 0 Å². The van der Waals surface area contributed by atoms with Crippen LogP contribution < -0.4 is 10.2 Å². The lowest BCUT2D eigenvalue weighted by Gasteiger charge is -2.23. The second-order valence-corrected chi connectivity index (χ2v) is 6.61. The minimum absolute atomic E-state index is 0.143. The van der Waals surface area contributed by atoms with Crippen LogP contribution in [0, 0.1) is 0 Å². The highest BCUT2D eigenvalue weighted by molar-refractivity contribution is 6.10. The van der Waals surface area contributed by atoms with Crippen LogP contribution in [0.25, 0.3) is 10.9 Å². The standard InChI is InChI=1S/C21H22N4O/c26-21(24-18-11-5-8-16-9-6-12-22-19(16)18)17-10-7-13-23-20(17)25-14-3-1-2-4-15-25/h5-13H,1-4,14-15H2,(H,24,26). The molecule has 5 nitrogen and oxygen atoms in total. The fourth-order valence-corrected chi connectivity index (χ4v) is 3.50. The van der Waals surface area contributed by atoms with Crippen molar-refractivity contribution in [2.75, 3.05) is 23.3 Å². The molecule has 26 heavy (non-hydrogen) atoms. The van der Waals surface area contributed by atoms with E-state index in [0.717, 1.165) is 48.3 Å². The van der Waals surface area contributed by atoms with Crippen LogP contribution >= 0.6 is 0 Å². The van der Waals surface area contributed by atoms with E-state index in [1.54, 1.807) is 12.4 Å². The van der Waals surface area contributed by atoms with E-state index in [1.165, 1.54) is 12.8 Å². The first-order chi connectivity index (χ1) is 12.8. The molecule has 0 atom stereocenters. The number of para-hydroxylation sites is 1. The quantitative estimate of drug-likeness (QED) is 0.770. The summed E-state index contributed by atoms with van der Waals surface area (Å²) in [4.78, 5) is 24.2. The molecule has 0 saturated carbocycles. The van der Waals surface area contributed by atoms with Crippen LogP contribution in [0.4, 0.5) is 11.5 Å². The molecule has 1 aliphatic heterocycles. The molecule has 0 bridgehead atoms.